The smallest absolute Gasteiger partial charge is 0.226 e. The molecule has 1 heterocycles. The number of aryl methyl sites for hydroxylation is 1. The van der Waals surface area contributed by atoms with Crippen LogP contribution < -0.4 is 10.5 Å². The molecule has 1 amide bonds. The van der Waals surface area contributed by atoms with Gasteiger partial charge in [-0.3, -0.25) is 4.79 Å². The van der Waals surface area contributed by atoms with Crippen LogP contribution in [0, 0.1) is 12.8 Å². The third-order valence-corrected chi connectivity index (χ3v) is 4.83. The second kappa shape index (κ2) is 7.97. The Morgan fingerprint density at radius 1 is 1.55 bits per heavy atom. The number of halogens is 1. The summed E-state index contributed by atoms with van der Waals surface area (Å²) in [6, 6.07) is 6.08. The van der Waals surface area contributed by atoms with Crippen LogP contribution in [0.1, 0.15) is 31.7 Å². The van der Waals surface area contributed by atoms with E-state index in [4.69, 9.17) is 10.5 Å². The molecule has 0 unspecified atom stereocenters. The normalized spacial score (nSPS) is 19.8. The van der Waals surface area contributed by atoms with Crippen molar-refractivity contribution < 1.29 is 9.53 Å². The Morgan fingerprint density at radius 3 is 3.00 bits per heavy atom. The van der Waals surface area contributed by atoms with E-state index < -0.39 is 0 Å². The highest BCUT2D eigenvalue weighted by Crippen LogP contribution is 2.26. The van der Waals surface area contributed by atoms with Crippen molar-refractivity contribution >= 4 is 21.8 Å². The summed E-state index contributed by atoms with van der Waals surface area (Å²) >= 11 is 3.48. The predicted molar refractivity (Wildman–Crippen MR) is 91.9 cm³/mol. The Bertz CT molecular complexity index is 519. The van der Waals surface area contributed by atoms with Gasteiger partial charge < -0.3 is 15.4 Å². The monoisotopic (exact) mass is 368 g/mol. The number of hydrogen-bond acceptors (Lipinski definition) is 3. The number of nitrogens with two attached hydrogens (primary N) is 1. The highest BCUT2D eigenvalue weighted by molar-refractivity contribution is 9.10. The van der Waals surface area contributed by atoms with Gasteiger partial charge in [-0.05, 0) is 66.2 Å². The molecule has 5 heteroatoms. The van der Waals surface area contributed by atoms with Gasteiger partial charge in [0.15, 0.2) is 0 Å². The molecular formula is C17H25BrN2O2. The van der Waals surface area contributed by atoms with E-state index in [2.05, 4.69) is 15.9 Å². The van der Waals surface area contributed by atoms with Crippen molar-refractivity contribution in [2.45, 2.75) is 39.2 Å². The maximum absolute atomic E-state index is 12.3. The Labute approximate surface area is 141 Å². The molecule has 0 bridgehead atoms. The van der Waals surface area contributed by atoms with Crippen LogP contribution in [0.25, 0.3) is 0 Å². The molecule has 0 radical (unpaired) electrons. The standard InChI is InChI=1S/C17H25BrN2O2/c1-12-5-6-16(15(18)10-12)22-9-7-17(21)20-8-3-4-14(11-20)13(2)19/h5-6,10,13-14H,3-4,7-9,11,19H2,1-2H3/t13-,14+/m1/s1. The molecule has 1 aliphatic rings. The van der Waals surface area contributed by atoms with Crippen molar-refractivity contribution in [1.29, 1.82) is 0 Å². The molecule has 1 fully saturated rings. The molecule has 122 valence electrons. The Kier molecular flexibility index (Phi) is 6.26. The highest BCUT2D eigenvalue weighted by atomic mass is 79.9. The zero-order valence-corrected chi connectivity index (χ0v) is 14.9. The minimum Gasteiger partial charge on any atom is -0.492 e. The SMILES string of the molecule is Cc1ccc(OCCC(=O)N2CCC[C@H]([C@@H](C)N)C2)c(Br)c1. The summed E-state index contributed by atoms with van der Waals surface area (Å²) < 4.78 is 6.63. The van der Waals surface area contributed by atoms with Crippen molar-refractivity contribution in [1.82, 2.24) is 4.90 Å². The lowest BCUT2D eigenvalue weighted by molar-refractivity contribution is -0.133. The fourth-order valence-electron chi connectivity index (χ4n) is 2.80. The molecule has 0 saturated carbocycles. The first kappa shape index (κ1) is 17.3. The first-order chi connectivity index (χ1) is 10.5. The number of carbonyl (C=O) groups excluding carboxylic acids is 1. The third-order valence-electron chi connectivity index (χ3n) is 4.21. The second-order valence-corrected chi connectivity index (χ2v) is 6.99. The molecule has 22 heavy (non-hydrogen) atoms. The van der Waals surface area contributed by atoms with Gasteiger partial charge in [0, 0.05) is 19.1 Å². The zero-order chi connectivity index (χ0) is 16.1. The zero-order valence-electron chi connectivity index (χ0n) is 13.3. The number of hydrogen-bond donors (Lipinski definition) is 1. The summed E-state index contributed by atoms with van der Waals surface area (Å²) in [6.45, 7) is 6.08. The second-order valence-electron chi connectivity index (χ2n) is 6.13. The van der Waals surface area contributed by atoms with Crippen molar-refractivity contribution in [2.24, 2.45) is 11.7 Å². The van der Waals surface area contributed by atoms with E-state index in [9.17, 15) is 4.79 Å². The van der Waals surface area contributed by atoms with Crippen molar-refractivity contribution in [2.75, 3.05) is 19.7 Å². The molecule has 2 rings (SSSR count). The molecule has 2 N–H and O–H groups in total. The average molecular weight is 369 g/mol. The van der Waals surface area contributed by atoms with E-state index in [1.54, 1.807) is 0 Å². The molecule has 0 aromatic heterocycles. The molecule has 1 aromatic rings. The lowest BCUT2D eigenvalue weighted by Crippen LogP contribution is -2.45. The molecule has 1 aromatic carbocycles. The van der Waals surface area contributed by atoms with Crippen LogP contribution in [0.2, 0.25) is 0 Å². The Hall–Kier alpha value is -1.07. The van der Waals surface area contributed by atoms with Gasteiger partial charge in [0.05, 0.1) is 17.5 Å². The Morgan fingerprint density at radius 2 is 2.32 bits per heavy atom. The summed E-state index contributed by atoms with van der Waals surface area (Å²) in [5.41, 5.74) is 7.14. The van der Waals surface area contributed by atoms with Crippen LogP contribution in [0.4, 0.5) is 0 Å². The van der Waals surface area contributed by atoms with Crippen LogP contribution in [0.5, 0.6) is 5.75 Å². The van der Waals surface area contributed by atoms with E-state index in [0.29, 0.717) is 18.9 Å². The number of nitrogens with zero attached hydrogens (tertiary/aromatic N) is 1. The van der Waals surface area contributed by atoms with Gasteiger partial charge in [-0.25, -0.2) is 0 Å². The third kappa shape index (κ3) is 4.71. The van der Waals surface area contributed by atoms with Gasteiger partial charge in [0.25, 0.3) is 0 Å². The summed E-state index contributed by atoms with van der Waals surface area (Å²) in [4.78, 5) is 14.2. The lowest BCUT2D eigenvalue weighted by atomic mass is 9.92. The first-order valence-corrected chi connectivity index (χ1v) is 8.69. The predicted octanol–water partition coefficient (Wildman–Crippen LogP) is 3.11. The van der Waals surface area contributed by atoms with Crippen molar-refractivity contribution in [3.8, 4) is 5.75 Å². The summed E-state index contributed by atoms with van der Waals surface area (Å²) in [5, 5.41) is 0. The number of piperidine rings is 1. The first-order valence-electron chi connectivity index (χ1n) is 7.89. The lowest BCUT2D eigenvalue weighted by Gasteiger charge is -2.34. The molecule has 0 aliphatic carbocycles. The van der Waals surface area contributed by atoms with Gasteiger partial charge in [-0.2, -0.15) is 0 Å². The number of likely N-dealkylation sites (tertiary alicyclic amines) is 1. The van der Waals surface area contributed by atoms with Crippen LogP contribution in [-0.4, -0.2) is 36.5 Å². The maximum atomic E-state index is 12.3. The van der Waals surface area contributed by atoms with Gasteiger partial charge in [0.2, 0.25) is 5.91 Å². The van der Waals surface area contributed by atoms with Gasteiger partial charge in [0.1, 0.15) is 5.75 Å². The number of amides is 1. The molecule has 4 nitrogen and oxygen atoms in total. The summed E-state index contributed by atoms with van der Waals surface area (Å²) in [6.07, 6.45) is 2.57. The van der Waals surface area contributed by atoms with Crippen molar-refractivity contribution in [3.63, 3.8) is 0 Å². The van der Waals surface area contributed by atoms with Crippen LogP contribution in [0.3, 0.4) is 0 Å². The van der Waals surface area contributed by atoms with E-state index in [-0.39, 0.29) is 11.9 Å². The van der Waals surface area contributed by atoms with Gasteiger partial charge in [-0.15, -0.1) is 0 Å². The number of carbonyl (C=O) groups is 1. The van der Waals surface area contributed by atoms with Gasteiger partial charge in [-0.1, -0.05) is 6.07 Å². The van der Waals surface area contributed by atoms with Gasteiger partial charge >= 0.3 is 0 Å². The number of rotatable bonds is 5. The average Bonchev–Trinajstić information content (AvgIpc) is 2.49. The Balaban J connectivity index is 1.80. The molecular weight excluding hydrogens is 344 g/mol. The molecule has 1 aliphatic heterocycles. The summed E-state index contributed by atoms with van der Waals surface area (Å²) in [5.74, 6) is 1.36. The molecule has 1 saturated heterocycles. The molecule has 0 spiro atoms. The highest BCUT2D eigenvalue weighted by Gasteiger charge is 2.25. The fraction of sp³-hybridized carbons (Fsp3) is 0.588. The topological polar surface area (TPSA) is 55.6 Å². The van der Waals surface area contributed by atoms with E-state index in [1.807, 2.05) is 36.9 Å². The minimum absolute atomic E-state index is 0.148. The largest absolute Gasteiger partial charge is 0.492 e. The van der Waals surface area contributed by atoms with Crippen LogP contribution >= 0.6 is 15.9 Å². The van der Waals surface area contributed by atoms with E-state index >= 15 is 0 Å². The van der Waals surface area contributed by atoms with Crippen LogP contribution in [0.15, 0.2) is 22.7 Å². The maximum Gasteiger partial charge on any atom is 0.226 e. The quantitative estimate of drug-likeness (QED) is 0.868. The number of ether oxygens (including phenoxy) is 1. The van der Waals surface area contributed by atoms with Crippen LogP contribution in [-0.2, 0) is 4.79 Å². The fourth-order valence-corrected chi connectivity index (χ4v) is 3.40. The minimum atomic E-state index is 0.148. The van der Waals surface area contributed by atoms with E-state index in [0.717, 1.165) is 36.2 Å². The van der Waals surface area contributed by atoms with E-state index in [1.165, 1.54) is 5.56 Å². The molecule has 2 atom stereocenters. The number of benzene rings is 1. The summed E-state index contributed by atoms with van der Waals surface area (Å²) in [7, 11) is 0. The van der Waals surface area contributed by atoms with Crippen molar-refractivity contribution in [3.05, 3.63) is 28.2 Å².